The van der Waals surface area contributed by atoms with Crippen LogP contribution in [0, 0.1) is 0 Å². The molecule has 1 unspecified atom stereocenters. The van der Waals surface area contributed by atoms with Crippen LogP contribution in [-0.4, -0.2) is 43.9 Å². The van der Waals surface area contributed by atoms with Crippen molar-refractivity contribution in [3.05, 3.63) is 54.1 Å². The van der Waals surface area contributed by atoms with E-state index < -0.39 is 0 Å². The van der Waals surface area contributed by atoms with Crippen LogP contribution >= 0.6 is 24.0 Å². The van der Waals surface area contributed by atoms with Gasteiger partial charge in [-0.1, -0.05) is 24.3 Å². The quantitative estimate of drug-likeness (QED) is 0.325. The Morgan fingerprint density at radius 3 is 2.82 bits per heavy atom. The molecular formula is C21H29IN4O2. The van der Waals surface area contributed by atoms with E-state index in [4.69, 9.17) is 4.74 Å². The Kier molecular flexibility index (Phi) is 8.69. The number of aliphatic imine (C=N–C) groups is 1. The zero-order chi connectivity index (χ0) is 19.1. The Hall–Kier alpha value is -2.16. The van der Waals surface area contributed by atoms with Crippen LogP contribution < -0.4 is 20.3 Å². The highest BCUT2D eigenvalue weighted by atomic mass is 127. The second kappa shape index (κ2) is 11.0. The summed E-state index contributed by atoms with van der Waals surface area (Å²) in [7, 11) is 1.71. The van der Waals surface area contributed by atoms with Gasteiger partial charge in [0.2, 0.25) is 0 Å². The summed E-state index contributed by atoms with van der Waals surface area (Å²) in [6.45, 7) is 5.25. The van der Waals surface area contributed by atoms with Gasteiger partial charge in [-0.2, -0.15) is 0 Å². The van der Waals surface area contributed by atoms with E-state index in [0.717, 1.165) is 49.0 Å². The second-order valence-corrected chi connectivity index (χ2v) is 6.61. The van der Waals surface area contributed by atoms with E-state index in [0.29, 0.717) is 12.6 Å². The average Bonchev–Trinajstić information content (AvgIpc) is 3.14. The van der Waals surface area contributed by atoms with Crippen LogP contribution in [0.4, 0.5) is 5.69 Å². The van der Waals surface area contributed by atoms with Gasteiger partial charge in [0.25, 0.3) is 0 Å². The molecule has 0 spiro atoms. The second-order valence-electron chi connectivity index (χ2n) is 6.61. The summed E-state index contributed by atoms with van der Waals surface area (Å²) in [6, 6.07) is 15.7. The molecule has 0 bridgehead atoms. The van der Waals surface area contributed by atoms with Crippen molar-refractivity contribution >= 4 is 35.6 Å². The van der Waals surface area contributed by atoms with Crippen LogP contribution in [0.1, 0.15) is 18.9 Å². The number of benzene rings is 2. The third kappa shape index (κ3) is 5.92. The lowest BCUT2D eigenvalue weighted by Crippen LogP contribution is -2.44. The molecule has 3 N–H and O–H groups in total. The van der Waals surface area contributed by atoms with Gasteiger partial charge in [-0.3, -0.25) is 0 Å². The Balaban J connectivity index is 0.00000280. The van der Waals surface area contributed by atoms with Crippen LogP contribution in [0.15, 0.2) is 53.5 Å². The number of rotatable bonds is 6. The van der Waals surface area contributed by atoms with E-state index in [1.807, 2.05) is 30.3 Å². The summed E-state index contributed by atoms with van der Waals surface area (Å²) in [5.41, 5.74) is 2.11. The third-order valence-electron chi connectivity index (χ3n) is 4.63. The molecule has 1 aliphatic heterocycles. The highest BCUT2D eigenvalue weighted by molar-refractivity contribution is 14.0. The summed E-state index contributed by atoms with van der Waals surface area (Å²) < 4.78 is 5.49. The van der Waals surface area contributed by atoms with Crippen molar-refractivity contribution in [3.63, 3.8) is 0 Å². The molecule has 3 rings (SSSR count). The molecule has 7 heteroatoms. The highest BCUT2D eigenvalue weighted by Crippen LogP contribution is 2.30. The van der Waals surface area contributed by atoms with Gasteiger partial charge in [0.1, 0.15) is 11.5 Å². The molecule has 6 nitrogen and oxygen atoms in total. The Morgan fingerprint density at radius 2 is 2.07 bits per heavy atom. The largest absolute Gasteiger partial charge is 0.508 e. The van der Waals surface area contributed by atoms with Crippen molar-refractivity contribution in [1.82, 2.24) is 10.6 Å². The highest BCUT2D eigenvalue weighted by Gasteiger charge is 2.25. The smallest absolute Gasteiger partial charge is 0.191 e. The molecule has 2 aromatic rings. The molecule has 1 aliphatic rings. The van der Waals surface area contributed by atoms with E-state index in [9.17, 15) is 5.11 Å². The summed E-state index contributed by atoms with van der Waals surface area (Å²) in [6.07, 6.45) is 1.04. The van der Waals surface area contributed by atoms with E-state index in [1.54, 1.807) is 19.2 Å². The van der Waals surface area contributed by atoms with Gasteiger partial charge < -0.3 is 25.4 Å². The maximum absolute atomic E-state index is 9.60. The number of hydrogen-bond acceptors (Lipinski definition) is 4. The molecule has 0 aromatic heterocycles. The van der Waals surface area contributed by atoms with E-state index in [1.165, 1.54) is 0 Å². The molecule has 1 fully saturated rings. The van der Waals surface area contributed by atoms with Gasteiger partial charge in [-0.25, -0.2) is 4.99 Å². The summed E-state index contributed by atoms with van der Waals surface area (Å²) in [5, 5.41) is 16.4. The fourth-order valence-corrected chi connectivity index (χ4v) is 3.33. The van der Waals surface area contributed by atoms with Gasteiger partial charge in [0.05, 0.1) is 19.3 Å². The summed E-state index contributed by atoms with van der Waals surface area (Å²) in [5.74, 6) is 1.97. The van der Waals surface area contributed by atoms with E-state index in [2.05, 4.69) is 33.5 Å². The number of hydrogen-bond donors (Lipinski definition) is 3. The maximum Gasteiger partial charge on any atom is 0.191 e. The van der Waals surface area contributed by atoms with Crippen molar-refractivity contribution in [2.45, 2.75) is 25.9 Å². The van der Waals surface area contributed by atoms with Crippen LogP contribution in [-0.2, 0) is 6.54 Å². The van der Waals surface area contributed by atoms with E-state index >= 15 is 0 Å². The van der Waals surface area contributed by atoms with Gasteiger partial charge in [0.15, 0.2) is 5.96 Å². The lowest BCUT2D eigenvalue weighted by Gasteiger charge is -2.22. The first-order valence-corrected chi connectivity index (χ1v) is 9.40. The fourth-order valence-electron chi connectivity index (χ4n) is 3.33. The zero-order valence-electron chi connectivity index (χ0n) is 16.4. The minimum absolute atomic E-state index is 0. The predicted molar refractivity (Wildman–Crippen MR) is 125 cm³/mol. The average molecular weight is 496 g/mol. The molecule has 2 aromatic carbocycles. The Morgan fingerprint density at radius 1 is 1.25 bits per heavy atom. The molecular weight excluding hydrogens is 467 g/mol. The van der Waals surface area contributed by atoms with Gasteiger partial charge in [0, 0.05) is 25.7 Å². The van der Waals surface area contributed by atoms with Crippen molar-refractivity contribution in [2.75, 3.05) is 31.6 Å². The zero-order valence-corrected chi connectivity index (χ0v) is 18.7. The van der Waals surface area contributed by atoms with Crippen LogP contribution in [0.25, 0.3) is 0 Å². The van der Waals surface area contributed by atoms with Crippen molar-refractivity contribution in [1.29, 1.82) is 0 Å². The van der Waals surface area contributed by atoms with Crippen LogP contribution in [0.2, 0.25) is 0 Å². The first kappa shape index (κ1) is 22.1. The standard InChI is InChI=1S/C21H28N4O2.HI/c1-3-22-21(23-14-16-7-6-8-18(26)13-16)24-17-11-12-25(15-17)19-9-4-5-10-20(19)27-2;/h4-10,13,17,26H,3,11-12,14-15H2,1-2H3,(H2,22,23,24);1H. The molecule has 1 atom stereocenters. The molecule has 0 amide bonds. The molecule has 28 heavy (non-hydrogen) atoms. The number of anilines is 1. The number of phenolic OH excluding ortho intramolecular Hbond substituents is 1. The molecule has 0 radical (unpaired) electrons. The molecule has 0 aliphatic carbocycles. The van der Waals surface area contributed by atoms with E-state index in [-0.39, 0.29) is 29.7 Å². The number of nitrogens with one attached hydrogen (secondary N) is 2. The van der Waals surface area contributed by atoms with Gasteiger partial charge in [-0.05, 0) is 43.2 Å². The monoisotopic (exact) mass is 496 g/mol. The van der Waals surface area contributed by atoms with Gasteiger partial charge in [-0.15, -0.1) is 24.0 Å². The number of nitrogens with zero attached hydrogens (tertiary/aromatic N) is 2. The van der Waals surface area contributed by atoms with Crippen LogP contribution in [0.5, 0.6) is 11.5 Å². The number of halogens is 1. The lowest BCUT2D eigenvalue weighted by molar-refractivity contribution is 0.415. The normalized spacial score (nSPS) is 16.4. The first-order valence-electron chi connectivity index (χ1n) is 9.40. The van der Waals surface area contributed by atoms with Crippen molar-refractivity contribution in [3.8, 4) is 11.5 Å². The SMILES string of the molecule is CCNC(=NCc1cccc(O)c1)NC1CCN(c2ccccc2OC)C1.I. The molecule has 1 saturated heterocycles. The number of methoxy groups -OCH3 is 1. The van der Waals surface area contributed by atoms with Crippen molar-refractivity contribution in [2.24, 2.45) is 4.99 Å². The van der Waals surface area contributed by atoms with Crippen molar-refractivity contribution < 1.29 is 9.84 Å². The minimum Gasteiger partial charge on any atom is -0.508 e. The lowest BCUT2D eigenvalue weighted by atomic mass is 10.2. The fraction of sp³-hybridized carbons (Fsp3) is 0.381. The van der Waals surface area contributed by atoms with Gasteiger partial charge >= 0.3 is 0 Å². The topological polar surface area (TPSA) is 69.1 Å². The maximum atomic E-state index is 9.60. The Labute approximate surface area is 184 Å². The first-order chi connectivity index (χ1) is 13.2. The minimum atomic E-state index is 0. The number of phenols is 1. The molecule has 152 valence electrons. The Bertz CT molecular complexity index is 785. The number of aromatic hydroxyl groups is 1. The number of para-hydroxylation sites is 2. The predicted octanol–water partition coefficient (Wildman–Crippen LogP) is 3.35. The summed E-state index contributed by atoms with van der Waals surface area (Å²) >= 11 is 0. The third-order valence-corrected chi connectivity index (χ3v) is 4.63. The molecule has 0 saturated carbocycles. The van der Waals surface area contributed by atoms with Crippen LogP contribution in [0.3, 0.4) is 0 Å². The summed E-state index contributed by atoms with van der Waals surface area (Å²) in [4.78, 5) is 7.00. The number of ether oxygens (including phenoxy) is 1. The molecule has 1 heterocycles. The number of guanidine groups is 1.